The maximum atomic E-state index is 13.2. The zero-order chi connectivity index (χ0) is 24.0. The van der Waals surface area contributed by atoms with Crippen LogP contribution in [0.15, 0.2) is 42.5 Å². The average molecular weight is 492 g/mol. The molecule has 8 nitrogen and oxygen atoms in total. The number of hydrogen-bond donors (Lipinski definition) is 1. The highest BCUT2D eigenvalue weighted by Crippen LogP contribution is 2.30. The Morgan fingerprint density at radius 2 is 1.68 bits per heavy atom. The van der Waals surface area contributed by atoms with Gasteiger partial charge >= 0.3 is 0 Å². The second kappa shape index (κ2) is 8.66. The lowest BCUT2D eigenvalue weighted by atomic mass is 10.2. The molecule has 10 heteroatoms. The maximum Gasteiger partial charge on any atom is 0.266 e. The normalized spacial score (nSPS) is 11.3. The van der Waals surface area contributed by atoms with E-state index in [2.05, 4.69) is 25.5 Å². The standard InChI is InChI=1S/C24H22ClN7OS/c1-13-9-14(2)27-24(26-13)32-21(10-15(3)29-32)28-22(33)20-11-19-16(4)30-31(23(19)34-20)12-17-5-7-18(25)8-6-17/h5-11H,12H2,1-4H3,(H,28,33). The van der Waals surface area contributed by atoms with E-state index in [1.165, 1.54) is 11.3 Å². The van der Waals surface area contributed by atoms with Gasteiger partial charge in [-0.1, -0.05) is 23.7 Å². The number of benzene rings is 1. The van der Waals surface area contributed by atoms with Gasteiger partial charge in [-0.05, 0) is 57.5 Å². The number of amides is 1. The average Bonchev–Trinajstić information content (AvgIpc) is 3.45. The third-order valence-electron chi connectivity index (χ3n) is 5.31. The molecule has 4 aromatic heterocycles. The summed E-state index contributed by atoms with van der Waals surface area (Å²) < 4.78 is 3.49. The molecule has 0 fully saturated rings. The fourth-order valence-corrected chi connectivity index (χ4v) is 5.00. The smallest absolute Gasteiger partial charge is 0.266 e. The first-order chi connectivity index (χ1) is 16.3. The van der Waals surface area contributed by atoms with Gasteiger partial charge in [0.05, 0.1) is 22.8 Å². The number of hydrogen-bond acceptors (Lipinski definition) is 6. The molecule has 0 saturated carbocycles. The monoisotopic (exact) mass is 491 g/mol. The van der Waals surface area contributed by atoms with Crippen molar-refractivity contribution in [2.75, 3.05) is 5.32 Å². The summed E-state index contributed by atoms with van der Waals surface area (Å²) in [5.74, 6) is 0.723. The number of nitrogens with one attached hydrogen (secondary N) is 1. The van der Waals surface area contributed by atoms with Gasteiger partial charge in [-0.25, -0.2) is 9.97 Å². The van der Waals surface area contributed by atoms with Crippen molar-refractivity contribution in [1.29, 1.82) is 0 Å². The van der Waals surface area contributed by atoms with Crippen LogP contribution in [0.3, 0.4) is 0 Å². The molecule has 0 spiro atoms. The van der Waals surface area contributed by atoms with Gasteiger partial charge in [0.1, 0.15) is 10.6 Å². The van der Waals surface area contributed by atoms with E-state index < -0.39 is 0 Å². The summed E-state index contributed by atoms with van der Waals surface area (Å²) in [5, 5.41) is 13.8. The number of thiophene rings is 1. The molecule has 0 aliphatic carbocycles. The fourth-order valence-electron chi connectivity index (χ4n) is 3.82. The minimum Gasteiger partial charge on any atom is -0.306 e. The minimum atomic E-state index is -0.218. The van der Waals surface area contributed by atoms with Crippen LogP contribution in [0, 0.1) is 27.7 Å². The number of halogens is 1. The highest BCUT2D eigenvalue weighted by molar-refractivity contribution is 7.20. The zero-order valence-electron chi connectivity index (χ0n) is 19.1. The van der Waals surface area contributed by atoms with Gasteiger partial charge in [0, 0.05) is 27.9 Å². The van der Waals surface area contributed by atoms with Gasteiger partial charge < -0.3 is 5.32 Å². The predicted molar refractivity (Wildman–Crippen MR) is 134 cm³/mol. The minimum absolute atomic E-state index is 0.218. The number of aryl methyl sites for hydroxylation is 4. The van der Waals surface area contributed by atoms with E-state index >= 15 is 0 Å². The summed E-state index contributed by atoms with van der Waals surface area (Å²) in [6.45, 7) is 8.21. The molecule has 4 heterocycles. The van der Waals surface area contributed by atoms with Crippen molar-refractivity contribution in [2.45, 2.75) is 34.2 Å². The second-order valence-electron chi connectivity index (χ2n) is 8.19. The topological polar surface area (TPSA) is 90.5 Å². The molecule has 1 N–H and O–H groups in total. The van der Waals surface area contributed by atoms with Crippen molar-refractivity contribution in [1.82, 2.24) is 29.5 Å². The van der Waals surface area contributed by atoms with Crippen LogP contribution in [-0.4, -0.2) is 35.4 Å². The summed E-state index contributed by atoms with van der Waals surface area (Å²) in [4.78, 5) is 23.7. The molecule has 172 valence electrons. The summed E-state index contributed by atoms with van der Waals surface area (Å²) in [5.41, 5.74) is 4.38. The van der Waals surface area contributed by atoms with E-state index in [-0.39, 0.29) is 5.91 Å². The van der Waals surface area contributed by atoms with Gasteiger partial charge in [-0.15, -0.1) is 11.3 Å². The molecule has 0 saturated heterocycles. The van der Waals surface area contributed by atoms with E-state index in [1.807, 2.05) is 68.8 Å². The molecule has 1 aromatic carbocycles. The van der Waals surface area contributed by atoms with Gasteiger partial charge in [0.25, 0.3) is 11.9 Å². The molecule has 0 unspecified atom stereocenters. The third kappa shape index (κ3) is 4.32. The van der Waals surface area contributed by atoms with E-state index in [1.54, 1.807) is 10.7 Å². The van der Waals surface area contributed by atoms with Gasteiger partial charge in [-0.2, -0.15) is 14.9 Å². The van der Waals surface area contributed by atoms with Crippen molar-refractivity contribution >= 4 is 44.9 Å². The first-order valence-electron chi connectivity index (χ1n) is 10.7. The number of aromatic nitrogens is 6. The Bertz CT molecular complexity index is 1510. The lowest BCUT2D eigenvalue weighted by Gasteiger charge is -2.08. The number of fused-ring (bicyclic) bond motifs is 1. The molecule has 5 aromatic rings. The van der Waals surface area contributed by atoms with Crippen LogP contribution in [0.2, 0.25) is 5.02 Å². The Kier molecular flexibility index (Phi) is 5.66. The molecule has 34 heavy (non-hydrogen) atoms. The van der Waals surface area contributed by atoms with Crippen LogP contribution in [0.25, 0.3) is 16.2 Å². The molecule has 1 amide bonds. The van der Waals surface area contributed by atoms with Crippen LogP contribution in [0.4, 0.5) is 5.82 Å². The highest BCUT2D eigenvalue weighted by atomic mass is 35.5. The Balaban J connectivity index is 1.44. The largest absolute Gasteiger partial charge is 0.306 e. The molecule has 0 aliphatic rings. The Morgan fingerprint density at radius 1 is 0.971 bits per heavy atom. The summed E-state index contributed by atoms with van der Waals surface area (Å²) in [6.07, 6.45) is 0. The van der Waals surface area contributed by atoms with E-state index in [9.17, 15) is 4.79 Å². The van der Waals surface area contributed by atoms with Crippen LogP contribution in [0.5, 0.6) is 0 Å². The van der Waals surface area contributed by atoms with Crippen LogP contribution in [0.1, 0.15) is 38.0 Å². The molecular weight excluding hydrogens is 470 g/mol. The third-order valence-corrected chi connectivity index (χ3v) is 6.71. The summed E-state index contributed by atoms with van der Waals surface area (Å²) >= 11 is 7.42. The lowest BCUT2D eigenvalue weighted by Crippen LogP contribution is -2.15. The second-order valence-corrected chi connectivity index (χ2v) is 9.65. The van der Waals surface area contributed by atoms with E-state index in [0.717, 1.165) is 38.6 Å². The van der Waals surface area contributed by atoms with Crippen molar-refractivity contribution in [3.05, 3.63) is 80.7 Å². The molecule has 0 bridgehead atoms. The quantitative estimate of drug-likeness (QED) is 0.362. The summed E-state index contributed by atoms with van der Waals surface area (Å²) in [7, 11) is 0. The molecule has 0 radical (unpaired) electrons. The summed E-state index contributed by atoms with van der Waals surface area (Å²) in [6, 6.07) is 13.3. The van der Waals surface area contributed by atoms with Gasteiger partial charge in [0.2, 0.25) is 0 Å². The number of rotatable bonds is 5. The van der Waals surface area contributed by atoms with Crippen LogP contribution >= 0.6 is 22.9 Å². The van der Waals surface area contributed by atoms with E-state index in [0.29, 0.717) is 28.2 Å². The molecule has 0 atom stereocenters. The molecular formula is C24H22ClN7OS. The SMILES string of the molecule is Cc1cc(C)nc(-n2nc(C)cc2NC(=O)c2cc3c(C)nn(Cc4ccc(Cl)cc4)c3s2)n1. The van der Waals surface area contributed by atoms with Gasteiger partial charge in [0.15, 0.2) is 0 Å². The van der Waals surface area contributed by atoms with Crippen molar-refractivity contribution in [3.8, 4) is 5.95 Å². The fraction of sp³-hybridized carbons (Fsp3) is 0.208. The van der Waals surface area contributed by atoms with Crippen molar-refractivity contribution in [2.24, 2.45) is 0 Å². The van der Waals surface area contributed by atoms with Crippen molar-refractivity contribution < 1.29 is 4.79 Å². The Labute approximate surface area is 205 Å². The van der Waals surface area contributed by atoms with Gasteiger partial charge in [-0.3, -0.25) is 9.48 Å². The number of nitrogens with zero attached hydrogens (tertiary/aromatic N) is 6. The number of carbonyl (C=O) groups excluding carboxylic acids is 1. The Hall–Kier alpha value is -3.56. The maximum absolute atomic E-state index is 13.2. The first-order valence-corrected chi connectivity index (χ1v) is 11.9. The molecule has 5 rings (SSSR count). The number of anilines is 1. The number of carbonyl (C=O) groups is 1. The van der Waals surface area contributed by atoms with Crippen LogP contribution in [-0.2, 0) is 6.54 Å². The van der Waals surface area contributed by atoms with E-state index in [4.69, 9.17) is 11.6 Å². The Morgan fingerprint density at radius 3 is 2.38 bits per heavy atom. The van der Waals surface area contributed by atoms with Crippen LogP contribution < -0.4 is 5.32 Å². The zero-order valence-corrected chi connectivity index (χ0v) is 20.7. The van der Waals surface area contributed by atoms with Crippen molar-refractivity contribution in [3.63, 3.8) is 0 Å². The first kappa shape index (κ1) is 22.2. The highest BCUT2D eigenvalue weighted by Gasteiger charge is 2.19. The molecule has 0 aliphatic heterocycles. The lowest BCUT2D eigenvalue weighted by molar-refractivity contribution is 0.103. The predicted octanol–water partition coefficient (Wildman–Crippen LogP) is 5.26.